The molecule has 0 radical (unpaired) electrons. The lowest BCUT2D eigenvalue weighted by Crippen LogP contribution is -2.28. The number of halogens is 1. The van der Waals surface area contributed by atoms with Gasteiger partial charge in [0, 0.05) is 6.54 Å². The van der Waals surface area contributed by atoms with E-state index in [9.17, 15) is 9.18 Å². The minimum atomic E-state index is -0.310. The summed E-state index contributed by atoms with van der Waals surface area (Å²) in [4.78, 5) is 11.7. The molecule has 112 valence electrons. The van der Waals surface area contributed by atoms with Gasteiger partial charge in [0.2, 0.25) is 0 Å². The number of para-hydroxylation sites is 1. The van der Waals surface area contributed by atoms with Gasteiger partial charge in [-0.25, -0.2) is 4.39 Å². The molecule has 4 nitrogen and oxygen atoms in total. The summed E-state index contributed by atoms with van der Waals surface area (Å²) < 4.78 is 18.5. The highest BCUT2D eigenvalue weighted by Crippen LogP contribution is 2.16. The van der Waals surface area contributed by atoms with Crippen LogP contribution in [0.1, 0.15) is 16.7 Å². The number of ether oxygens (including phenoxy) is 1. The summed E-state index contributed by atoms with van der Waals surface area (Å²) in [5.41, 5.74) is 1.72. The minimum Gasteiger partial charge on any atom is -0.482 e. The lowest BCUT2D eigenvalue weighted by Gasteiger charge is -2.09. The summed E-state index contributed by atoms with van der Waals surface area (Å²) in [7, 11) is 0. The number of aryl methyl sites for hydroxylation is 1. The number of rotatable bonds is 5. The van der Waals surface area contributed by atoms with E-state index in [1.54, 1.807) is 43.3 Å². The van der Waals surface area contributed by atoms with Gasteiger partial charge in [-0.05, 0) is 36.2 Å². The molecule has 2 aromatic carbocycles. The second-order valence-corrected chi connectivity index (χ2v) is 4.76. The Morgan fingerprint density at radius 3 is 2.82 bits per heavy atom. The highest BCUT2D eigenvalue weighted by atomic mass is 19.1. The van der Waals surface area contributed by atoms with Crippen LogP contribution in [0.25, 0.3) is 0 Å². The van der Waals surface area contributed by atoms with Crippen LogP contribution < -0.4 is 10.1 Å². The Bertz CT molecular complexity index is 723. The molecule has 0 aliphatic heterocycles. The lowest BCUT2D eigenvalue weighted by atomic mass is 10.1. The van der Waals surface area contributed by atoms with E-state index in [-0.39, 0.29) is 18.3 Å². The first-order chi connectivity index (χ1) is 10.6. The van der Waals surface area contributed by atoms with Gasteiger partial charge in [-0.3, -0.25) is 4.79 Å². The van der Waals surface area contributed by atoms with E-state index in [2.05, 4.69) is 5.32 Å². The fraction of sp³-hybridized carbons (Fsp3) is 0.176. The van der Waals surface area contributed by atoms with Gasteiger partial charge in [-0.2, -0.15) is 5.26 Å². The summed E-state index contributed by atoms with van der Waals surface area (Å²) in [6, 6.07) is 13.4. The molecule has 0 saturated carbocycles. The summed E-state index contributed by atoms with van der Waals surface area (Å²) in [5, 5.41) is 11.6. The molecule has 0 unspecified atom stereocenters. The monoisotopic (exact) mass is 298 g/mol. The first kappa shape index (κ1) is 15.5. The normalized spacial score (nSPS) is 9.86. The zero-order chi connectivity index (χ0) is 15.9. The van der Waals surface area contributed by atoms with E-state index in [4.69, 9.17) is 10.00 Å². The molecule has 2 aromatic rings. The predicted molar refractivity (Wildman–Crippen MR) is 79.6 cm³/mol. The predicted octanol–water partition coefficient (Wildman–Crippen LogP) is 2.70. The number of benzene rings is 2. The first-order valence-electron chi connectivity index (χ1n) is 6.74. The fourth-order valence-electron chi connectivity index (χ4n) is 1.90. The third kappa shape index (κ3) is 4.06. The van der Waals surface area contributed by atoms with Crippen molar-refractivity contribution < 1.29 is 13.9 Å². The van der Waals surface area contributed by atoms with Crippen molar-refractivity contribution in [1.29, 1.82) is 5.26 Å². The van der Waals surface area contributed by atoms with Gasteiger partial charge in [-0.1, -0.05) is 24.3 Å². The zero-order valence-corrected chi connectivity index (χ0v) is 12.1. The Morgan fingerprint density at radius 1 is 1.32 bits per heavy atom. The van der Waals surface area contributed by atoms with Gasteiger partial charge in [0.25, 0.3) is 5.91 Å². The fourth-order valence-corrected chi connectivity index (χ4v) is 1.90. The number of nitrogens with zero attached hydrogens (tertiary/aromatic N) is 1. The molecule has 0 aromatic heterocycles. The summed E-state index contributed by atoms with van der Waals surface area (Å²) >= 11 is 0. The van der Waals surface area contributed by atoms with Crippen LogP contribution in [0.5, 0.6) is 5.75 Å². The van der Waals surface area contributed by atoms with Gasteiger partial charge in [-0.15, -0.1) is 0 Å². The van der Waals surface area contributed by atoms with E-state index < -0.39 is 0 Å². The van der Waals surface area contributed by atoms with E-state index >= 15 is 0 Å². The average Bonchev–Trinajstić information content (AvgIpc) is 2.54. The number of carbonyl (C=O) groups is 1. The minimum absolute atomic E-state index is 0.182. The Labute approximate surface area is 128 Å². The Hall–Kier alpha value is -2.87. The molecule has 0 saturated heterocycles. The average molecular weight is 298 g/mol. The maximum atomic E-state index is 13.1. The van der Waals surface area contributed by atoms with Crippen molar-refractivity contribution in [3.63, 3.8) is 0 Å². The van der Waals surface area contributed by atoms with Crippen LogP contribution in [0.3, 0.4) is 0 Å². The molecule has 1 amide bonds. The molecule has 0 aliphatic rings. The van der Waals surface area contributed by atoms with Crippen LogP contribution in [0, 0.1) is 24.1 Å². The lowest BCUT2D eigenvalue weighted by molar-refractivity contribution is -0.123. The van der Waals surface area contributed by atoms with Crippen molar-refractivity contribution in [3.8, 4) is 11.8 Å². The van der Waals surface area contributed by atoms with Gasteiger partial charge < -0.3 is 10.1 Å². The molecule has 0 aliphatic carbocycles. The summed E-state index contributed by atoms with van der Waals surface area (Å²) in [6.07, 6.45) is 0. The molecule has 0 fully saturated rings. The highest BCUT2D eigenvalue weighted by Gasteiger charge is 2.06. The smallest absolute Gasteiger partial charge is 0.258 e. The molecule has 0 spiro atoms. The molecule has 5 heteroatoms. The number of nitriles is 1. The van der Waals surface area contributed by atoms with Gasteiger partial charge >= 0.3 is 0 Å². The van der Waals surface area contributed by atoms with Crippen molar-refractivity contribution in [2.75, 3.05) is 6.61 Å². The molecular formula is C17H15FN2O2. The first-order valence-corrected chi connectivity index (χ1v) is 6.74. The van der Waals surface area contributed by atoms with E-state index in [0.29, 0.717) is 23.4 Å². The SMILES string of the molecule is Cc1cc(CNC(=O)COc2ccccc2C#N)ccc1F. The number of nitrogens with one attached hydrogen (secondary N) is 1. The number of amides is 1. The van der Waals surface area contributed by atoms with Crippen LogP contribution in [0.2, 0.25) is 0 Å². The Morgan fingerprint density at radius 2 is 2.09 bits per heavy atom. The second-order valence-electron chi connectivity index (χ2n) is 4.76. The van der Waals surface area contributed by atoms with Crippen molar-refractivity contribution in [1.82, 2.24) is 5.32 Å². The van der Waals surface area contributed by atoms with Crippen LogP contribution in [-0.4, -0.2) is 12.5 Å². The van der Waals surface area contributed by atoms with Crippen molar-refractivity contribution >= 4 is 5.91 Å². The second kappa shape index (κ2) is 7.23. The largest absolute Gasteiger partial charge is 0.482 e. The van der Waals surface area contributed by atoms with Gasteiger partial charge in [0.05, 0.1) is 5.56 Å². The van der Waals surface area contributed by atoms with Crippen molar-refractivity contribution in [2.45, 2.75) is 13.5 Å². The topological polar surface area (TPSA) is 62.1 Å². The van der Waals surface area contributed by atoms with Gasteiger partial charge in [0.1, 0.15) is 17.6 Å². The van der Waals surface area contributed by atoms with Crippen molar-refractivity contribution in [2.24, 2.45) is 0 Å². The molecular weight excluding hydrogens is 283 g/mol. The van der Waals surface area contributed by atoms with Gasteiger partial charge in [0.15, 0.2) is 6.61 Å². The standard InChI is InChI=1S/C17H15FN2O2/c1-12-8-13(6-7-15(12)18)10-20-17(21)11-22-16-5-3-2-4-14(16)9-19/h2-8H,10-11H2,1H3,(H,20,21). The molecule has 2 rings (SSSR count). The third-order valence-corrected chi connectivity index (χ3v) is 3.08. The third-order valence-electron chi connectivity index (χ3n) is 3.08. The number of hydrogen-bond acceptors (Lipinski definition) is 3. The number of carbonyl (C=O) groups excluding carboxylic acids is 1. The number of hydrogen-bond donors (Lipinski definition) is 1. The summed E-state index contributed by atoms with van der Waals surface area (Å²) in [6.45, 7) is 1.78. The van der Waals surface area contributed by atoms with Crippen LogP contribution in [0.4, 0.5) is 4.39 Å². The highest BCUT2D eigenvalue weighted by molar-refractivity contribution is 5.77. The van der Waals surface area contributed by atoms with E-state index in [1.165, 1.54) is 6.07 Å². The molecule has 1 N–H and O–H groups in total. The Kier molecular flexibility index (Phi) is 5.10. The van der Waals surface area contributed by atoms with E-state index in [1.807, 2.05) is 6.07 Å². The Balaban J connectivity index is 1.86. The van der Waals surface area contributed by atoms with Crippen LogP contribution >= 0.6 is 0 Å². The molecule has 22 heavy (non-hydrogen) atoms. The quantitative estimate of drug-likeness (QED) is 0.923. The van der Waals surface area contributed by atoms with Crippen LogP contribution in [0.15, 0.2) is 42.5 Å². The maximum Gasteiger partial charge on any atom is 0.258 e. The zero-order valence-electron chi connectivity index (χ0n) is 12.1. The maximum absolute atomic E-state index is 13.1. The molecule has 0 heterocycles. The van der Waals surface area contributed by atoms with Crippen molar-refractivity contribution in [3.05, 3.63) is 65.0 Å². The molecule has 0 bridgehead atoms. The molecule has 0 atom stereocenters. The van der Waals surface area contributed by atoms with E-state index in [0.717, 1.165) is 5.56 Å². The van der Waals surface area contributed by atoms with Crippen LogP contribution in [-0.2, 0) is 11.3 Å². The summed E-state index contributed by atoms with van der Waals surface area (Å²) in [5.74, 6) is -0.209.